The van der Waals surface area contributed by atoms with Crippen LogP contribution in [0.1, 0.15) is 27.0 Å². The Hall–Kier alpha value is -2.99. The van der Waals surface area contributed by atoms with Gasteiger partial charge in [-0.05, 0) is 29.2 Å². The minimum atomic E-state index is -0.311. The van der Waals surface area contributed by atoms with E-state index in [0.717, 1.165) is 50.4 Å². The topological polar surface area (TPSA) is 55.8 Å². The zero-order valence-electron chi connectivity index (χ0n) is 19.1. The second-order valence-electron chi connectivity index (χ2n) is 8.74. The van der Waals surface area contributed by atoms with Gasteiger partial charge in [0.25, 0.3) is 5.91 Å². The quantitative estimate of drug-likeness (QED) is 0.533. The number of nitrogens with zero attached hydrogens (tertiary/aromatic N) is 2. The van der Waals surface area contributed by atoms with E-state index in [4.69, 9.17) is 0 Å². The van der Waals surface area contributed by atoms with E-state index >= 15 is 0 Å². The summed E-state index contributed by atoms with van der Waals surface area (Å²) in [6.07, 6.45) is 0.606. The lowest BCUT2D eigenvalue weighted by Crippen LogP contribution is -2.45. The van der Waals surface area contributed by atoms with Crippen LogP contribution < -0.4 is 5.32 Å². The van der Waals surface area contributed by atoms with E-state index in [9.17, 15) is 9.90 Å². The molecule has 3 aromatic carbocycles. The van der Waals surface area contributed by atoms with Crippen LogP contribution in [0.25, 0.3) is 0 Å². The molecule has 3 aromatic rings. The van der Waals surface area contributed by atoms with Crippen LogP contribution in [-0.2, 0) is 19.5 Å². The summed E-state index contributed by atoms with van der Waals surface area (Å²) in [6, 6.07) is 28.0. The van der Waals surface area contributed by atoms with E-state index in [1.807, 2.05) is 54.6 Å². The molecule has 4 rings (SSSR count). The molecule has 1 fully saturated rings. The third-order valence-electron chi connectivity index (χ3n) is 6.25. The highest BCUT2D eigenvalue weighted by Crippen LogP contribution is 2.15. The molecule has 1 saturated heterocycles. The summed E-state index contributed by atoms with van der Waals surface area (Å²) in [5, 5.41) is 12.8. The van der Waals surface area contributed by atoms with Crippen molar-refractivity contribution in [1.82, 2.24) is 15.1 Å². The normalized spacial score (nSPS) is 15.8. The molecule has 1 amide bonds. The van der Waals surface area contributed by atoms with Gasteiger partial charge in [-0.3, -0.25) is 14.6 Å². The summed E-state index contributed by atoms with van der Waals surface area (Å²) < 4.78 is 0. The molecule has 33 heavy (non-hydrogen) atoms. The maximum atomic E-state index is 13.1. The molecule has 1 atom stereocenters. The van der Waals surface area contributed by atoms with Crippen molar-refractivity contribution in [3.8, 4) is 0 Å². The molecular formula is C28H33N3O2. The Kier molecular flexibility index (Phi) is 8.25. The van der Waals surface area contributed by atoms with E-state index in [1.165, 1.54) is 5.56 Å². The number of carbonyl (C=O) groups is 1. The maximum absolute atomic E-state index is 13.1. The van der Waals surface area contributed by atoms with Crippen molar-refractivity contribution in [2.75, 3.05) is 32.8 Å². The minimum Gasteiger partial charge on any atom is -0.394 e. The van der Waals surface area contributed by atoms with Crippen LogP contribution in [-0.4, -0.2) is 59.6 Å². The second-order valence-corrected chi connectivity index (χ2v) is 8.74. The van der Waals surface area contributed by atoms with Crippen molar-refractivity contribution in [1.29, 1.82) is 0 Å². The lowest BCUT2D eigenvalue weighted by atomic mass is 10.0. The maximum Gasteiger partial charge on any atom is 0.251 e. The molecule has 0 spiro atoms. The Bertz CT molecular complexity index is 1000. The average molecular weight is 444 g/mol. The lowest BCUT2D eigenvalue weighted by molar-refractivity contribution is 0.0911. The zero-order valence-corrected chi connectivity index (χ0v) is 19.1. The van der Waals surface area contributed by atoms with Crippen molar-refractivity contribution < 1.29 is 9.90 Å². The first kappa shape index (κ1) is 23.2. The number of hydrogen-bond donors (Lipinski definition) is 2. The number of benzene rings is 3. The summed E-state index contributed by atoms with van der Waals surface area (Å²) in [5.41, 5.74) is 4.17. The smallest absolute Gasteiger partial charge is 0.251 e. The van der Waals surface area contributed by atoms with Gasteiger partial charge in [0.15, 0.2) is 0 Å². The molecular weight excluding hydrogens is 410 g/mol. The molecule has 5 heteroatoms. The van der Waals surface area contributed by atoms with E-state index in [-0.39, 0.29) is 18.6 Å². The second kappa shape index (κ2) is 11.8. The van der Waals surface area contributed by atoms with Crippen LogP contribution in [0.4, 0.5) is 0 Å². The fraction of sp³-hybridized carbons (Fsp3) is 0.321. The van der Waals surface area contributed by atoms with Crippen LogP contribution in [0.5, 0.6) is 0 Å². The molecule has 0 aliphatic carbocycles. The predicted molar refractivity (Wildman–Crippen MR) is 132 cm³/mol. The molecule has 1 heterocycles. The van der Waals surface area contributed by atoms with Crippen LogP contribution in [0.15, 0.2) is 84.9 Å². The third kappa shape index (κ3) is 6.75. The number of amides is 1. The number of aliphatic hydroxyl groups is 1. The molecule has 1 aliphatic heterocycles. The van der Waals surface area contributed by atoms with Crippen molar-refractivity contribution >= 4 is 5.91 Å². The lowest BCUT2D eigenvalue weighted by Gasteiger charge is -2.35. The van der Waals surface area contributed by atoms with Crippen molar-refractivity contribution in [2.24, 2.45) is 0 Å². The Labute approximate surface area is 196 Å². The summed E-state index contributed by atoms with van der Waals surface area (Å²) in [4.78, 5) is 18.0. The van der Waals surface area contributed by atoms with Gasteiger partial charge in [0, 0.05) is 44.8 Å². The highest BCUT2D eigenvalue weighted by atomic mass is 16.3. The van der Waals surface area contributed by atoms with Gasteiger partial charge < -0.3 is 10.4 Å². The Morgan fingerprint density at radius 1 is 0.758 bits per heavy atom. The predicted octanol–water partition coefficient (Wildman–Crippen LogP) is 3.34. The SMILES string of the molecule is O=C(NC(CO)Cc1ccccc1)c1ccccc1CN1CCN(Cc2ccccc2)CC1. The standard InChI is InChI=1S/C28H33N3O2/c32-22-26(19-23-9-3-1-4-10-23)29-28(33)27-14-8-7-13-25(27)21-31-17-15-30(16-18-31)20-24-11-5-2-6-12-24/h1-14,26,32H,15-22H2,(H,29,33). The van der Waals surface area contributed by atoms with Crippen LogP contribution in [0, 0.1) is 0 Å². The molecule has 1 unspecified atom stereocenters. The number of hydrogen-bond acceptors (Lipinski definition) is 4. The van der Waals surface area contributed by atoms with Gasteiger partial charge in [-0.15, -0.1) is 0 Å². The molecule has 0 saturated carbocycles. The summed E-state index contributed by atoms with van der Waals surface area (Å²) in [7, 11) is 0. The van der Waals surface area contributed by atoms with Crippen LogP contribution in [0.2, 0.25) is 0 Å². The van der Waals surface area contributed by atoms with Gasteiger partial charge in [-0.1, -0.05) is 78.9 Å². The van der Waals surface area contributed by atoms with Gasteiger partial charge in [0.2, 0.25) is 0 Å². The van der Waals surface area contributed by atoms with Crippen molar-refractivity contribution in [3.05, 3.63) is 107 Å². The first-order valence-corrected chi connectivity index (χ1v) is 11.7. The molecule has 172 valence electrons. The molecule has 5 nitrogen and oxygen atoms in total. The van der Waals surface area contributed by atoms with E-state index in [0.29, 0.717) is 12.0 Å². The molecule has 1 aliphatic rings. The summed E-state index contributed by atoms with van der Waals surface area (Å²) >= 11 is 0. The van der Waals surface area contributed by atoms with E-state index < -0.39 is 0 Å². The number of carbonyl (C=O) groups excluding carboxylic acids is 1. The highest BCUT2D eigenvalue weighted by Gasteiger charge is 2.20. The largest absolute Gasteiger partial charge is 0.394 e. The molecule has 2 N–H and O–H groups in total. The average Bonchev–Trinajstić information content (AvgIpc) is 2.86. The molecule has 0 bridgehead atoms. The zero-order chi connectivity index (χ0) is 22.9. The number of aliphatic hydroxyl groups excluding tert-OH is 1. The Morgan fingerprint density at radius 3 is 1.94 bits per heavy atom. The number of rotatable bonds is 9. The Morgan fingerprint density at radius 2 is 1.30 bits per heavy atom. The number of piperazine rings is 1. The first-order chi connectivity index (χ1) is 16.2. The van der Waals surface area contributed by atoms with Gasteiger partial charge in [-0.2, -0.15) is 0 Å². The minimum absolute atomic E-state index is 0.0911. The summed E-state index contributed by atoms with van der Waals surface area (Å²) in [5.74, 6) is -0.122. The van der Waals surface area contributed by atoms with Gasteiger partial charge in [-0.25, -0.2) is 0 Å². The van der Waals surface area contributed by atoms with E-state index in [2.05, 4.69) is 45.4 Å². The fourth-order valence-electron chi connectivity index (χ4n) is 4.39. The van der Waals surface area contributed by atoms with Crippen LogP contribution in [0.3, 0.4) is 0 Å². The van der Waals surface area contributed by atoms with Crippen molar-refractivity contribution in [3.63, 3.8) is 0 Å². The molecule has 0 radical (unpaired) electrons. The number of nitrogens with one attached hydrogen (secondary N) is 1. The van der Waals surface area contributed by atoms with Crippen molar-refractivity contribution in [2.45, 2.75) is 25.6 Å². The molecule has 0 aromatic heterocycles. The monoisotopic (exact) mass is 443 g/mol. The van der Waals surface area contributed by atoms with Gasteiger partial charge in [0.1, 0.15) is 0 Å². The van der Waals surface area contributed by atoms with Gasteiger partial charge in [0.05, 0.1) is 12.6 Å². The van der Waals surface area contributed by atoms with E-state index in [1.54, 1.807) is 0 Å². The Balaban J connectivity index is 1.33. The first-order valence-electron chi connectivity index (χ1n) is 11.7. The highest BCUT2D eigenvalue weighted by molar-refractivity contribution is 5.95. The summed E-state index contributed by atoms with van der Waals surface area (Å²) in [6.45, 7) is 5.65. The van der Waals surface area contributed by atoms with Gasteiger partial charge >= 0.3 is 0 Å². The van der Waals surface area contributed by atoms with Crippen LogP contribution >= 0.6 is 0 Å². The third-order valence-corrected chi connectivity index (χ3v) is 6.25. The fourth-order valence-corrected chi connectivity index (χ4v) is 4.39.